The maximum Gasteiger partial charge on any atom is 0.0647 e. The summed E-state index contributed by atoms with van der Waals surface area (Å²) in [6.07, 6.45) is 6.33. The molecule has 0 radical (unpaired) electrons. The topological polar surface area (TPSA) is 46.2 Å². The predicted octanol–water partition coefficient (Wildman–Crippen LogP) is 1.87. The molecule has 2 nitrogen and oxygen atoms in total. The van der Waals surface area contributed by atoms with Crippen molar-refractivity contribution >= 4 is 11.8 Å². The Bertz CT molecular complexity index is 267. The van der Waals surface area contributed by atoms with E-state index in [9.17, 15) is 5.11 Å². The number of aliphatic hydroxyl groups excluding tert-OH is 1. The zero-order valence-corrected chi connectivity index (χ0v) is 10.7. The fraction of sp³-hybridized carbons (Fsp3) is 1.00. The van der Waals surface area contributed by atoms with E-state index < -0.39 is 0 Å². The molecule has 2 bridgehead atoms. The van der Waals surface area contributed by atoms with Crippen molar-refractivity contribution in [2.45, 2.75) is 38.2 Å². The van der Waals surface area contributed by atoms with Gasteiger partial charge in [0.25, 0.3) is 0 Å². The van der Waals surface area contributed by atoms with Crippen LogP contribution in [-0.4, -0.2) is 29.3 Å². The first-order valence-electron chi connectivity index (χ1n) is 6.72. The minimum atomic E-state index is -0.122. The smallest absolute Gasteiger partial charge is 0.0647 e. The molecule has 3 heteroatoms. The molecule has 1 aliphatic heterocycles. The molecule has 0 amide bonds. The van der Waals surface area contributed by atoms with E-state index in [4.69, 9.17) is 5.73 Å². The highest BCUT2D eigenvalue weighted by Crippen LogP contribution is 2.58. The van der Waals surface area contributed by atoms with Crippen molar-refractivity contribution in [1.29, 1.82) is 0 Å². The third kappa shape index (κ3) is 1.55. The minimum absolute atomic E-state index is 0.0957. The molecule has 1 saturated heterocycles. The molecule has 2 aliphatic carbocycles. The van der Waals surface area contributed by atoms with E-state index in [-0.39, 0.29) is 11.5 Å². The first-order chi connectivity index (χ1) is 7.76. The fourth-order valence-corrected chi connectivity index (χ4v) is 5.78. The summed E-state index contributed by atoms with van der Waals surface area (Å²) >= 11 is 2.00. The van der Waals surface area contributed by atoms with Crippen LogP contribution in [0.25, 0.3) is 0 Å². The lowest BCUT2D eigenvalue weighted by molar-refractivity contribution is -0.0417. The van der Waals surface area contributed by atoms with Crippen molar-refractivity contribution in [3.63, 3.8) is 0 Å². The predicted molar refractivity (Wildman–Crippen MR) is 68.4 cm³/mol. The highest BCUT2D eigenvalue weighted by atomic mass is 32.2. The number of fused-ring (bicyclic) bond motifs is 2. The largest absolute Gasteiger partial charge is 0.392 e. The van der Waals surface area contributed by atoms with Crippen LogP contribution in [0.1, 0.15) is 32.1 Å². The molecule has 0 aromatic heterocycles. The molecule has 2 saturated carbocycles. The zero-order chi connectivity index (χ0) is 11.2. The van der Waals surface area contributed by atoms with Gasteiger partial charge in [0, 0.05) is 12.0 Å². The molecule has 0 aromatic rings. The van der Waals surface area contributed by atoms with E-state index in [2.05, 4.69) is 0 Å². The summed E-state index contributed by atoms with van der Waals surface area (Å²) in [7, 11) is 0. The molecule has 3 N–H and O–H groups in total. The van der Waals surface area contributed by atoms with E-state index in [0.29, 0.717) is 12.5 Å². The lowest BCUT2D eigenvalue weighted by atomic mass is 9.66. The SMILES string of the molecule is NCC1(C(O)C2CCSC2)CC2CCC1C2. The number of thioether (sulfide) groups is 1. The average molecular weight is 241 g/mol. The van der Waals surface area contributed by atoms with Gasteiger partial charge in [-0.05, 0) is 54.9 Å². The van der Waals surface area contributed by atoms with Gasteiger partial charge in [-0.15, -0.1) is 0 Å². The summed E-state index contributed by atoms with van der Waals surface area (Å²) in [5, 5.41) is 10.7. The number of nitrogens with two attached hydrogens (primary N) is 1. The van der Waals surface area contributed by atoms with Crippen LogP contribution in [0.5, 0.6) is 0 Å². The van der Waals surface area contributed by atoms with E-state index in [1.807, 2.05) is 11.8 Å². The van der Waals surface area contributed by atoms with Crippen LogP contribution in [0, 0.1) is 23.2 Å². The van der Waals surface area contributed by atoms with Gasteiger partial charge in [0.2, 0.25) is 0 Å². The third-order valence-corrected chi connectivity index (χ3v) is 6.59. The molecular formula is C13H23NOS. The van der Waals surface area contributed by atoms with Crippen LogP contribution < -0.4 is 5.73 Å². The lowest BCUT2D eigenvalue weighted by Crippen LogP contribution is -2.49. The summed E-state index contributed by atoms with van der Waals surface area (Å²) in [6.45, 7) is 0.705. The van der Waals surface area contributed by atoms with Crippen molar-refractivity contribution < 1.29 is 5.11 Å². The summed E-state index contributed by atoms with van der Waals surface area (Å²) in [4.78, 5) is 0. The lowest BCUT2D eigenvalue weighted by Gasteiger charge is -2.43. The summed E-state index contributed by atoms with van der Waals surface area (Å²) in [6, 6.07) is 0. The Morgan fingerprint density at radius 2 is 2.25 bits per heavy atom. The highest BCUT2D eigenvalue weighted by Gasteiger charge is 2.55. The van der Waals surface area contributed by atoms with Gasteiger partial charge in [0.1, 0.15) is 0 Å². The average Bonchev–Trinajstić information content (AvgIpc) is 3.03. The minimum Gasteiger partial charge on any atom is -0.392 e. The number of rotatable bonds is 3. The van der Waals surface area contributed by atoms with Crippen LogP contribution in [-0.2, 0) is 0 Å². The zero-order valence-electron chi connectivity index (χ0n) is 9.90. The quantitative estimate of drug-likeness (QED) is 0.793. The van der Waals surface area contributed by atoms with Gasteiger partial charge in [-0.1, -0.05) is 6.42 Å². The summed E-state index contributed by atoms with van der Waals surface area (Å²) in [5.41, 5.74) is 6.15. The van der Waals surface area contributed by atoms with Gasteiger partial charge < -0.3 is 10.8 Å². The van der Waals surface area contributed by atoms with E-state index in [1.54, 1.807) is 0 Å². The Morgan fingerprint density at radius 1 is 1.38 bits per heavy atom. The maximum atomic E-state index is 10.7. The van der Waals surface area contributed by atoms with E-state index in [1.165, 1.54) is 37.9 Å². The Morgan fingerprint density at radius 3 is 2.75 bits per heavy atom. The van der Waals surface area contributed by atoms with Crippen molar-refractivity contribution in [2.75, 3.05) is 18.1 Å². The molecule has 0 aromatic carbocycles. The van der Waals surface area contributed by atoms with Crippen molar-refractivity contribution in [1.82, 2.24) is 0 Å². The van der Waals surface area contributed by atoms with Crippen LogP contribution in [0.2, 0.25) is 0 Å². The van der Waals surface area contributed by atoms with Crippen LogP contribution in [0.4, 0.5) is 0 Å². The Balaban J connectivity index is 1.79. The molecule has 3 fully saturated rings. The molecule has 5 atom stereocenters. The van der Waals surface area contributed by atoms with Crippen molar-refractivity contribution in [2.24, 2.45) is 28.9 Å². The normalized spacial score (nSPS) is 48.8. The van der Waals surface area contributed by atoms with Gasteiger partial charge in [-0.25, -0.2) is 0 Å². The van der Waals surface area contributed by atoms with Gasteiger partial charge in [0.05, 0.1) is 6.10 Å². The molecule has 3 rings (SSSR count). The standard InChI is InChI=1S/C13H23NOS/c14-8-13(6-9-1-2-11(13)5-9)12(15)10-3-4-16-7-10/h9-12,15H,1-8,14H2. The van der Waals surface area contributed by atoms with Crippen LogP contribution in [0.3, 0.4) is 0 Å². The van der Waals surface area contributed by atoms with Crippen molar-refractivity contribution in [3.05, 3.63) is 0 Å². The molecule has 5 unspecified atom stereocenters. The first-order valence-corrected chi connectivity index (χ1v) is 7.87. The summed E-state index contributed by atoms with van der Waals surface area (Å²) < 4.78 is 0. The Kier molecular flexibility index (Phi) is 2.97. The van der Waals surface area contributed by atoms with E-state index in [0.717, 1.165) is 17.6 Å². The highest BCUT2D eigenvalue weighted by molar-refractivity contribution is 7.99. The van der Waals surface area contributed by atoms with Crippen molar-refractivity contribution in [3.8, 4) is 0 Å². The van der Waals surface area contributed by atoms with Crippen LogP contribution in [0.15, 0.2) is 0 Å². The number of hydrogen-bond acceptors (Lipinski definition) is 3. The van der Waals surface area contributed by atoms with Gasteiger partial charge in [-0.3, -0.25) is 0 Å². The maximum absolute atomic E-state index is 10.7. The Hall–Kier alpha value is 0.270. The first kappa shape index (κ1) is 11.4. The second kappa shape index (κ2) is 4.18. The monoisotopic (exact) mass is 241 g/mol. The molecule has 16 heavy (non-hydrogen) atoms. The molecule has 3 aliphatic rings. The van der Waals surface area contributed by atoms with Gasteiger partial charge in [0.15, 0.2) is 0 Å². The second-order valence-corrected chi connectivity index (χ2v) is 7.24. The number of hydrogen-bond donors (Lipinski definition) is 2. The fourth-order valence-electron chi connectivity index (χ4n) is 4.49. The second-order valence-electron chi connectivity index (χ2n) is 6.09. The molecule has 0 spiro atoms. The van der Waals surface area contributed by atoms with E-state index >= 15 is 0 Å². The number of aliphatic hydroxyl groups is 1. The summed E-state index contributed by atoms with van der Waals surface area (Å²) in [5.74, 6) is 4.50. The third-order valence-electron chi connectivity index (χ3n) is 5.40. The molecule has 1 heterocycles. The molecule has 92 valence electrons. The molecular weight excluding hydrogens is 218 g/mol. The van der Waals surface area contributed by atoms with Crippen LogP contribution >= 0.6 is 11.8 Å². The van der Waals surface area contributed by atoms with Gasteiger partial charge in [-0.2, -0.15) is 11.8 Å². The Labute approximate surface area is 102 Å². The van der Waals surface area contributed by atoms with Gasteiger partial charge >= 0.3 is 0 Å².